The molecule has 2 amide bonds. The molecule has 2 aromatic rings. The average Bonchev–Trinajstić information content (AvgIpc) is 2.83. The Labute approximate surface area is 212 Å². The molecule has 1 N–H and O–H groups in total. The highest BCUT2D eigenvalue weighted by atomic mass is 35.5. The number of sulfonamides is 1. The molecular formula is C24H32ClN3O6S. The van der Waals surface area contributed by atoms with Gasteiger partial charge in [-0.1, -0.05) is 30.7 Å². The molecule has 0 aliphatic rings. The number of rotatable bonds is 12. The Hall–Kier alpha value is -2.98. The predicted octanol–water partition coefficient (Wildman–Crippen LogP) is 3.07. The topological polar surface area (TPSA) is 105 Å². The third-order valence-corrected chi connectivity index (χ3v) is 6.70. The summed E-state index contributed by atoms with van der Waals surface area (Å²) >= 11 is 5.98. The number of anilines is 1. The van der Waals surface area contributed by atoms with Crippen molar-refractivity contribution in [2.24, 2.45) is 0 Å². The van der Waals surface area contributed by atoms with Crippen LogP contribution in [0, 0.1) is 0 Å². The summed E-state index contributed by atoms with van der Waals surface area (Å²) in [5, 5.41) is 3.32. The Morgan fingerprint density at radius 1 is 1.09 bits per heavy atom. The molecule has 0 heterocycles. The maximum absolute atomic E-state index is 13.6. The highest BCUT2D eigenvalue weighted by molar-refractivity contribution is 7.92. The van der Waals surface area contributed by atoms with Gasteiger partial charge in [-0.15, -0.1) is 0 Å². The van der Waals surface area contributed by atoms with E-state index in [-0.39, 0.29) is 23.9 Å². The number of benzene rings is 2. The summed E-state index contributed by atoms with van der Waals surface area (Å²) in [5.41, 5.74) is 0.889. The van der Waals surface area contributed by atoms with Crippen LogP contribution in [-0.2, 0) is 26.2 Å². The molecule has 0 saturated carbocycles. The Bertz CT molecular complexity index is 1120. The van der Waals surface area contributed by atoms with Crippen LogP contribution in [0.1, 0.15) is 25.8 Å². The van der Waals surface area contributed by atoms with E-state index in [1.807, 2.05) is 6.92 Å². The summed E-state index contributed by atoms with van der Waals surface area (Å²) in [4.78, 5) is 27.6. The van der Waals surface area contributed by atoms with Crippen molar-refractivity contribution in [1.82, 2.24) is 10.2 Å². The molecule has 11 heteroatoms. The quantitative estimate of drug-likeness (QED) is 0.456. The van der Waals surface area contributed by atoms with Crippen LogP contribution in [0.2, 0.25) is 5.02 Å². The molecule has 0 radical (unpaired) electrons. The summed E-state index contributed by atoms with van der Waals surface area (Å²) in [6.07, 6.45) is 1.74. The van der Waals surface area contributed by atoms with Crippen molar-refractivity contribution < 1.29 is 27.5 Å². The van der Waals surface area contributed by atoms with Gasteiger partial charge in [0.05, 0.1) is 26.2 Å². The molecule has 2 aromatic carbocycles. The van der Waals surface area contributed by atoms with Gasteiger partial charge < -0.3 is 19.7 Å². The second kappa shape index (κ2) is 12.6. The lowest BCUT2D eigenvalue weighted by molar-refractivity contribution is -0.139. The Kier molecular flexibility index (Phi) is 10.2. The maximum Gasteiger partial charge on any atom is 0.244 e. The molecule has 0 aliphatic heterocycles. The van der Waals surface area contributed by atoms with Gasteiger partial charge in [0.15, 0.2) is 0 Å². The number of halogens is 1. The molecule has 0 spiro atoms. The van der Waals surface area contributed by atoms with Gasteiger partial charge in [-0.2, -0.15) is 0 Å². The zero-order valence-corrected chi connectivity index (χ0v) is 22.1. The van der Waals surface area contributed by atoms with Crippen LogP contribution in [0.25, 0.3) is 0 Å². The SMILES string of the molecule is CCCNC(=O)C(C)N(Cc1ccc(Cl)cc1)C(=O)CN(c1cc(OC)ccc1OC)S(C)(=O)=O. The minimum Gasteiger partial charge on any atom is -0.497 e. The first-order chi connectivity index (χ1) is 16.5. The zero-order valence-electron chi connectivity index (χ0n) is 20.6. The van der Waals surface area contributed by atoms with Gasteiger partial charge in [0.1, 0.15) is 24.1 Å². The molecule has 9 nitrogen and oxygen atoms in total. The van der Waals surface area contributed by atoms with E-state index in [4.69, 9.17) is 21.1 Å². The number of nitrogens with one attached hydrogen (secondary N) is 1. The second-order valence-corrected chi connectivity index (χ2v) is 10.3. The molecule has 2 rings (SSSR count). The number of nitrogens with zero attached hydrogens (tertiary/aromatic N) is 2. The van der Waals surface area contributed by atoms with Crippen LogP contribution in [-0.4, -0.2) is 64.7 Å². The van der Waals surface area contributed by atoms with E-state index in [1.165, 1.54) is 25.2 Å². The standard InChI is InChI=1S/C24H32ClN3O6S/c1-6-13-26-24(30)17(2)27(15-18-7-9-19(25)10-8-18)23(29)16-28(35(5,31)32)21-14-20(33-3)11-12-22(21)34-4/h7-12,14,17H,6,13,15-16H2,1-5H3,(H,26,30). The fourth-order valence-electron chi connectivity index (χ4n) is 3.35. The van der Waals surface area contributed by atoms with E-state index < -0.39 is 28.5 Å². The van der Waals surface area contributed by atoms with Gasteiger partial charge in [0.2, 0.25) is 21.8 Å². The highest BCUT2D eigenvalue weighted by Gasteiger charge is 2.31. The molecule has 35 heavy (non-hydrogen) atoms. The van der Waals surface area contributed by atoms with Crippen LogP contribution < -0.4 is 19.1 Å². The summed E-state index contributed by atoms with van der Waals surface area (Å²) in [6, 6.07) is 10.7. The first-order valence-corrected chi connectivity index (χ1v) is 13.3. The molecule has 192 valence electrons. The summed E-state index contributed by atoms with van der Waals surface area (Å²) in [5.74, 6) is -0.248. The summed E-state index contributed by atoms with van der Waals surface area (Å²) in [7, 11) is -1.06. The van der Waals surface area contributed by atoms with Crippen LogP contribution in [0.4, 0.5) is 5.69 Å². The lowest BCUT2D eigenvalue weighted by atomic mass is 10.1. The molecule has 1 atom stereocenters. The zero-order chi connectivity index (χ0) is 26.2. The average molecular weight is 526 g/mol. The monoisotopic (exact) mass is 525 g/mol. The van der Waals surface area contributed by atoms with Crippen LogP contribution in [0.3, 0.4) is 0 Å². The fourth-order valence-corrected chi connectivity index (χ4v) is 4.32. The van der Waals surface area contributed by atoms with Crippen LogP contribution in [0.15, 0.2) is 42.5 Å². The van der Waals surface area contributed by atoms with Crippen LogP contribution >= 0.6 is 11.6 Å². The van der Waals surface area contributed by atoms with Gasteiger partial charge in [-0.3, -0.25) is 13.9 Å². The molecule has 1 unspecified atom stereocenters. The van der Waals surface area contributed by atoms with Crippen molar-refractivity contribution in [2.45, 2.75) is 32.9 Å². The van der Waals surface area contributed by atoms with Gasteiger partial charge in [0.25, 0.3) is 0 Å². The first kappa shape index (κ1) is 28.3. The highest BCUT2D eigenvalue weighted by Crippen LogP contribution is 2.34. The summed E-state index contributed by atoms with van der Waals surface area (Å²) < 4.78 is 37.0. The van der Waals surface area contributed by atoms with Gasteiger partial charge in [0, 0.05) is 24.2 Å². The van der Waals surface area contributed by atoms with Crippen molar-refractivity contribution in [1.29, 1.82) is 0 Å². The molecule has 0 aliphatic carbocycles. The molecule has 0 bridgehead atoms. The van der Waals surface area contributed by atoms with E-state index in [2.05, 4.69) is 5.32 Å². The number of methoxy groups -OCH3 is 2. The molecule has 0 saturated heterocycles. The van der Waals surface area contributed by atoms with E-state index in [9.17, 15) is 18.0 Å². The number of amides is 2. The van der Waals surface area contributed by atoms with Crippen molar-refractivity contribution >= 4 is 39.1 Å². The third kappa shape index (κ3) is 7.76. The third-order valence-electron chi connectivity index (χ3n) is 5.32. The van der Waals surface area contributed by atoms with E-state index in [0.29, 0.717) is 17.3 Å². The lowest BCUT2D eigenvalue weighted by Gasteiger charge is -2.32. The Morgan fingerprint density at radius 3 is 2.29 bits per heavy atom. The number of ether oxygens (including phenoxy) is 2. The fraction of sp³-hybridized carbons (Fsp3) is 0.417. The predicted molar refractivity (Wildman–Crippen MR) is 137 cm³/mol. The maximum atomic E-state index is 13.6. The molecule has 0 fully saturated rings. The number of hydrogen-bond acceptors (Lipinski definition) is 6. The normalized spacial score (nSPS) is 11.9. The number of carbonyl (C=O) groups is 2. The number of hydrogen-bond donors (Lipinski definition) is 1. The molecule has 0 aromatic heterocycles. The second-order valence-electron chi connectivity index (χ2n) is 7.92. The first-order valence-electron chi connectivity index (χ1n) is 11.0. The van der Waals surface area contributed by atoms with Crippen molar-refractivity contribution in [3.05, 3.63) is 53.1 Å². The smallest absolute Gasteiger partial charge is 0.244 e. The minimum absolute atomic E-state index is 0.0869. The van der Waals surface area contributed by atoms with Crippen LogP contribution in [0.5, 0.6) is 11.5 Å². The van der Waals surface area contributed by atoms with Gasteiger partial charge in [-0.25, -0.2) is 8.42 Å². The minimum atomic E-state index is -3.91. The summed E-state index contributed by atoms with van der Waals surface area (Å²) in [6.45, 7) is 3.54. The van der Waals surface area contributed by atoms with E-state index in [0.717, 1.165) is 22.5 Å². The van der Waals surface area contributed by atoms with Crippen molar-refractivity contribution in [2.75, 3.05) is 37.9 Å². The van der Waals surface area contributed by atoms with Crippen molar-refractivity contribution in [3.8, 4) is 11.5 Å². The van der Waals surface area contributed by atoms with Crippen molar-refractivity contribution in [3.63, 3.8) is 0 Å². The Balaban J connectivity index is 2.45. The van der Waals surface area contributed by atoms with Gasteiger partial charge in [-0.05, 0) is 43.2 Å². The largest absolute Gasteiger partial charge is 0.497 e. The van der Waals surface area contributed by atoms with E-state index >= 15 is 0 Å². The Morgan fingerprint density at radius 2 is 1.74 bits per heavy atom. The van der Waals surface area contributed by atoms with E-state index in [1.54, 1.807) is 43.3 Å². The lowest BCUT2D eigenvalue weighted by Crippen LogP contribution is -2.51. The number of carbonyl (C=O) groups excluding carboxylic acids is 2. The molecular weight excluding hydrogens is 494 g/mol. The van der Waals surface area contributed by atoms with Gasteiger partial charge >= 0.3 is 0 Å².